The van der Waals surface area contributed by atoms with Crippen LogP contribution in [-0.2, 0) is 18.9 Å². The van der Waals surface area contributed by atoms with Crippen molar-refractivity contribution in [2.75, 3.05) is 6.61 Å². The summed E-state index contributed by atoms with van der Waals surface area (Å²) in [6.45, 7) is 5.41. The zero-order chi connectivity index (χ0) is 15.9. The van der Waals surface area contributed by atoms with E-state index in [2.05, 4.69) is 0 Å². The average molecular weight is 308 g/mol. The van der Waals surface area contributed by atoms with E-state index in [1.165, 1.54) is 0 Å². The standard InChI is InChI=1S/C16H20O6/c1-9-4-6-10(7-5-9)14(18)19-8-11-12(17)13-15(20-11)22-16(2,3)21-13/h4-7,11-13,15,17H,8H2,1-3H3/t11-,12-,13-,15+/m0/s1. The number of carbonyl (C=O) groups excluding carboxylic acids is 1. The highest BCUT2D eigenvalue weighted by Crippen LogP contribution is 2.37. The minimum Gasteiger partial charge on any atom is -0.459 e. The summed E-state index contributed by atoms with van der Waals surface area (Å²) in [5.74, 6) is -1.23. The van der Waals surface area contributed by atoms with Gasteiger partial charge in [0.2, 0.25) is 0 Å². The van der Waals surface area contributed by atoms with E-state index in [-0.39, 0.29) is 6.61 Å². The van der Waals surface area contributed by atoms with Crippen molar-refractivity contribution < 1.29 is 28.8 Å². The third-order valence-corrected chi connectivity index (χ3v) is 3.78. The lowest BCUT2D eigenvalue weighted by Crippen LogP contribution is -2.37. The van der Waals surface area contributed by atoms with Gasteiger partial charge in [-0.3, -0.25) is 0 Å². The number of benzene rings is 1. The second kappa shape index (κ2) is 5.62. The molecule has 0 aromatic heterocycles. The zero-order valence-electron chi connectivity index (χ0n) is 12.8. The lowest BCUT2D eigenvalue weighted by Gasteiger charge is -2.22. The molecule has 6 nitrogen and oxygen atoms in total. The van der Waals surface area contributed by atoms with E-state index in [4.69, 9.17) is 18.9 Å². The van der Waals surface area contributed by atoms with Crippen LogP contribution < -0.4 is 0 Å². The minimum atomic E-state index is -0.891. The molecule has 2 saturated heterocycles. The molecule has 1 aromatic carbocycles. The van der Waals surface area contributed by atoms with Gasteiger partial charge in [-0.15, -0.1) is 0 Å². The highest BCUT2D eigenvalue weighted by atomic mass is 16.8. The first-order chi connectivity index (χ1) is 10.4. The van der Waals surface area contributed by atoms with Crippen LogP contribution in [0.1, 0.15) is 29.8 Å². The van der Waals surface area contributed by atoms with Crippen LogP contribution in [0.25, 0.3) is 0 Å². The molecular formula is C16H20O6. The number of hydrogen-bond donors (Lipinski definition) is 1. The van der Waals surface area contributed by atoms with Crippen molar-refractivity contribution >= 4 is 5.97 Å². The summed E-state index contributed by atoms with van der Waals surface area (Å²) in [6.07, 6.45) is -2.73. The fourth-order valence-electron chi connectivity index (χ4n) is 2.63. The summed E-state index contributed by atoms with van der Waals surface area (Å²) in [7, 11) is 0. The SMILES string of the molecule is Cc1ccc(C(=O)OC[C@@H]2O[C@@H]3OC(C)(C)O[C@H]3[C@H]2O)cc1. The van der Waals surface area contributed by atoms with Crippen molar-refractivity contribution in [2.24, 2.45) is 0 Å². The van der Waals surface area contributed by atoms with Crippen LogP contribution in [0.15, 0.2) is 24.3 Å². The van der Waals surface area contributed by atoms with Gasteiger partial charge in [0.15, 0.2) is 12.1 Å². The van der Waals surface area contributed by atoms with Gasteiger partial charge in [0.1, 0.15) is 24.9 Å². The van der Waals surface area contributed by atoms with Crippen molar-refractivity contribution in [3.8, 4) is 0 Å². The number of hydrogen-bond acceptors (Lipinski definition) is 6. The fraction of sp³-hybridized carbons (Fsp3) is 0.562. The number of fused-ring (bicyclic) bond motifs is 1. The number of aliphatic hydroxyl groups is 1. The van der Waals surface area contributed by atoms with Crippen molar-refractivity contribution in [1.82, 2.24) is 0 Å². The summed E-state index contributed by atoms with van der Waals surface area (Å²) in [5, 5.41) is 10.2. The third kappa shape index (κ3) is 3.01. The Morgan fingerprint density at radius 3 is 2.59 bits per heavy atom. The maximum atomic E-state index is 11.9. The van der Waals surface area contributed by atoms with E-state index in [1.807, 2.05) is 19.1 Å². The Morgan fingerprint density at radius 1 is 1.27 bits per heavy atom. The van der Waals surface area contributed by atoms with E-state index in [0.717, 1.165) is 5.56 Å². The number of ether oxygens (including phenoxy) is 4. The summed E-state index contributed by atoms with van der Waals surface area (Å²) >= 11 is 0. The Bertz CT molecular complexity index is 552. The van der Waals surface area contributed by atoms with E-state index in [0.29, 0.717) is 5.56 Å². The van der Waals surface area contributed by atoms with Gasteiger partial charge >= 0.3 is 5.97 Å². The second-order valence-electron chi connectivity index (χ2n) is 6.10. The van der Waals surface area contributed by atoms with Crippen LogP contribution in [0.3, 0.4) is 0 Å². The van der Waals surface area contributed by atoms with Crippen LogP contribution in [0.2, 0.25) is 0 Å². The molecule has 0 spiro atoms. The quantitative estimate of drug-likeness (QED) is 0.851. The van der Waals surface area contributed by atoms with Gasteiger partial charge < -0.3 is 24.1 Å². The van der Waals surface area contributed by atoms with Crippen LogP contribution in [0, 0.1) is 6.92 Å². The predicted molar refractivity (Wildman–Crippen MR) is 76.2 cm³/mol. The van der Waals surface area contributed by atoms with E-state index in [9.17, 15) is 9.90 Å². The maximum absolute atomic E-state index is 11.9. The molecule has 2 aliphatic heterocycles. The van der Waals surface area contributed by atoms with E-state index in [1.54, 1.807) is 26.0 Å². The molecule has 1 N–H and O–H groups in total. The van der Waals surface area contributed by atoms with E-state index < -0.39 is 36.4 Å². The molecule has 6 heteroatoms. The number of aryl methyl sites for hydroxylation is 1. The molecule has 1 aromatic rings. The molecule has 0 aliphatic carbocycles. The summed E-state index contributed by atoms with van der Waals surface area (Å²) in [5.41, 5.74) is 1.53. The van der Waals surface area contributed by atoms with Gasteiger partial charge in [-0.1, -0.05) is 17.7 Å². The molecule has 0 bridgehead atoms. The lowest BCUT2D eigenvalue weighted by atomic mass is 10.1. The number of rotatable bonds is 3. The monoisotopic (exact) mass is 308 g/mol. The van der Waals surface area contributed by atoms with Crippen molar-refractivity contribution in [3.05, 3.63) is 35.4 Å². The average Bonchev–Trinajstić information content (AvgIpc) is 2.91. The first-order valence-electron chi connectivity index (χ1n) is 7.29. The molecule has 2 heterocycles. The zero-order valence-corrected chi connectivity index (χ0v) is 12.8. The first kappa shape index (κ1) is 15.4. The Morgan fingerprint density at radius 2 is 1.95 bits per heavy atom. The molecule has 22 heavy (non-hydrogen) atoms. The van der Waals surface area contributed by atoms with Gasteiger partial charge in [-0.2, -0.15) is 0 Å². The first-order valence-corrected chi connectivity index (χ1v) is 7.29. The molecule has 2 fully saturated rings. The van der Waals surface area contributed by atoms with Gasteiger partial charge in [-0.05, 0) is 32.9 Å². The van der Waals surface area contributed by atoms with Crippen LogP contribution in [-0.4, -0.2) is 48.1 Å². The minimum absolute atomic E-state index is 0.0476. The Balaban J connectivity index is 1.55. The molecule has 0 amide bonds. The Hall–Kier alpha value is -1.47. The molecule has 3 rings (SSSR count). The second-order valence-corrected chi connectivity index (χ2v) is 6.10. The van der Waals surface area contributed by atoms with Crippen molar-refractivity contribution in [3.63, 3.8) is 0 Å². The van der Waals surface area contributed by atoms with Crippen molar-refractivity contribution in [2.45, 2.75) is 51.2 Å². The maximum Gasteiger partial charge on any atom is 0.338 e. The summed E-state index contributed by atoms with van der Waals surface area (Å²) in [4.78, 5) is 11.9. The number of aliphatic hydroxyl groups excluding tert-OH is 1. The molecular weight excluding hydrogens is 288 g/mol. The highest BCUT2D eigenvalue weighted by molar-refractivity contribution is 5.89. The van der Waals surface area contributed by atoms with Crippen LogP contribution in [0.5, 0.6) is 0 Å². The fourth-order valence-corrected chi connectivity index (χ4v) is 2.63. The molecule has 120 valence electrons. The van der Waals surface area contributed by atoms with Gasteiger partial charge in [0.25, 0.3) is 0 Å². The normalized spacial score (nSPS) is 32.7. The van der Waals surface area contributed by atoms with Crippen LogP contribution in [0.4, 0.5) is 0 Å². The molecule has 0 saturated carbocycles. The summed E-state index contributed by atoms with van der Waals surface area (Å²) in [6, 6.07) is 7.08. The molecule has 0 unspecified atom stereocenters. The topological polar surface area (TPSA) is 74.2 Å². The third-order valence-electron chi connectivity index (χ3n) is 3.78. The largest absolute Gasteiger partial charge is 0.459 e. The van der Waals surface area contributed by atoms with Crippen LogP contribution >= 0.6 is 0 Å². The van der Waals surface area contributed by atoms with Gasteiger partial charge in [0.05, 0.1) is 5.56 Å². The molecule has 4 atom stereocenters. The molecule has 2 aliphatic rings. The van der Waals surface area contributed by atoms with Gasteiger partial charge in [-0.25, -0.2) is 4.79 Å². The van der Waals surface area contributed by atoms with Gasteiger partial charge in [0, 0.05) is 0 Å². The van der Waals surface area contributed by atoms with Crippen molar-refractivity contribution in [1.29, 1.82) is 0 Å². The Labute approximate surface area is 128 Å². The van der Waals surface area contributed by atoms with E-state index >= 15 is 0 Å². The molecule has 0 radical (unpaired) electrons. The lowest BCUT2D eigenvalue weighted by molar-refractivity contribution is -0.218. The number of carbonyl (C=O) groups is 1. The summed E-state index contributed by atoms with van der Waals surface area (Å²) < 4.78 is 21.9. The highest BCUT2D eigenvalue weighted by Gasteiger charge is 2.54. The predicted octanol–water partition coefficient (Wildman–Crippen LogP) is 1.39. The Kier molecular flexibility index (Phi) is 3.94. The number of esters is 1. The smallest absolute Gasteiger partial charge is 0.338 e.